The first-order chi connectivity index (χ1) is 14.4. The molecule has 2 heterocycles. The number of hydrogen-bond donors (Lipinski definition) is 1. The fraction of sp³-hybridized carbons (Fsp3) is 0.375. The second-order valence-electron chi connectivity index (χ2n) is 8.11. The van der Waals surface area contributed by atoms with Crippen molar-refractivity contribution in [3.05, 3.63) is 58.4 Å². The first-order valence-electron chi connectivity index (χ1n) is 10.6. The zero-order valence-electron chi connectivity index (χ0n) is 17.7. The molecule has 0 unspecified atom stereocenters. The molecule has 4 rings (SSSR count). The molecule has 5 nitrogen and oxygen atoms in total. The van der Waals surface area contributed by atoms with Crippen LogP contribution in [0.1, 0.15) is 61.2 Å². The van der Waals surface area contributed by atoms with Gasteiger partial charge in [-0.2, -0.15) is 0 Å². The van der Waals surface area contributed by atoms with Crippen molar-refractivity contribution in [1.82, 2.24) is 9.88 Å². The summed E-state index contributed by atoms with van der Waals surface area (Å²) < 4.78 is 2.36. The first kappa shape index (κ1) is 20.5. The smallest absolute Gasteiger partial charge is 0.270 e. The largest absolute Gasteiger partial charge is 0.346 e. The first-order valence-corrected chi connectivity index (χ1v) is 11.0. The molecule has 1 aromatic heterocycles. The van der Waals surface area contributed by atoms with Crippen molar-refractivity contribution in [3.8, 4) is 0 Å². The molecular formula is C24H27N3O2S. The molecule has 0 spiro atoms. The molecule has 30 heavy (non-hydrogen) atoms. The van der Waals surface area contributed by atoms with Gasteiger partial charge in [0.2, 0.25) is 0 Å². The molecule has 0 atom stereocenters. The van der Waals surface area contributed by atoms with E-state index in [1.54, 1.807) is 6.08 Å². The highest BCUT2D eigenvalue weighted by Crippen LogP contribution is 2.34. The third-order valence-corrected chi connectivity index (χ3v) is 6.50. The zero-order chi connectivity index (χ0) is 21.4. The van der Waals surface area contributed by atoms with Gasteiger partial charge in [-0.05, 0) is 80.7 Å². The number of thiocarbonyl (C=S) groups is 1. The van der Waals surface area contributed by atoms with Crippen LogP contribution in [-0.2, 0) is 16.0 Å². The zero-order valence-corrected chi connectivity index (χ0v) is 18.5. The van der Waals surface area contributed by atoms with E-state index in [1.165, 1.54) is 36.1 Å². The van der Waals surface area contributed by atoms with Gasteiger partial charge in [-0.25, -0.2) is 0 Å². The number of carbonyl (C=O) groups excluding carboxylic acids is 2. The molecule has 0 bridgehead atoms. The van der Waals surface area contributed by atoms with E-state index in [4.69, 9.17) is 12.2 Å². The minimum absolute atomic E-state index is 0.106. The lowest BCUT2D eigenvalue weighted by Gasteiger charge is -2.29. The number of anilines is 1. The Hall–Kier alpha value is -2.73. The number of aromatic nitrogens is 1. The van der Waals surface area contributed by atoms with Gasteiger partial charge in [0.1, 0.15) is 5.57 Å². The van der Waals surface area contributed by atoms with Crippen LogP contribution in [0.25, 0.3) is 6.08 Å². The molecule has 2 fully saturated rings. The summed E-state index contributed by atoms with van der Waals surface area (Å²) in [4.78, 5) is 27.3. The SMILES string of the molecule is CCc1ccc(N2C(=O)/C(=C/c3cc(C)n(C4CCCC4)c3C)C(=O)NC2=S)cc1. The Bertz CT molecular complexity index is 1040. The molecule has 0 radical (unpaired) electrons. The molecule has 1 aliphatic carbocycles. The molecule has 1 N–H and O–H groups in total. The van der Waals surface area contributed by atoms with Gasteiger partial charge in [0.25, 0.3) is 11.8 Å². The van der Waals surface area contributed by atoms with Gasteiger partial charge >= 0.3 is 0 Å². The Morgan fingerprint density at radius 2 is 1.80 bits per heavy atom. The molecule has 156 valence electrons. The molecule has 1 aliphatic heterocycles. The van der Waals surface area contributed by atoms with Crippen molar-refractivity contribution in [3.63, 3.8) is 0 Å². The molecule has 2 aromatic rings. The van der Waals surface area contributed by atoms with E-state index in [1.807, 2.05) is 24.3 Å². The van der Waals surface area contributed by atoms with Crippen LogP contribution in [0.15, 0.2) is 35.9 Å². The minimum atomic E-state index is -0.447. The lowest BCUT2D eigenvalue weighted by atomic mass is 10.1. The van der Waals surface area contributed by atoms with Crippen LogP contribution in [0.5, 0.6) is 0 Å². The highest BCUT2D eigenvalue weighted by molar-refractivity contribution is 7.80. The quantitative estimate of drug-likeness (QED) is 0.445. The van der Waals surface area contributed by atoms with Crippen LogP contribution in [-0.4, -0.2) is 21.5 Å². The molecule has 1 saturated heterocycles. The van der Waals surface area contributed by atoms with Crippen molar-refractivity contribution in [2.75, 3.05) is 4.90 Å². The normalized spacial score (nSPS) is 19.1. The summed E-state index contributed by atoms with van der Waals surface area (Å²) >= 11 is 5.31. The number of nitrogens with one attached hydrogen (secondary N) is 1. The summed E-state index contributed by atoms with van der Waals surface area (Å²) in [5.74, 6) is -0.837. The summed E-state index contributed by atoms with van der Waals surface area (Å²) in [7, 11) is 0. The summed E-state index contributed by atoms with van der Waals surface area (Å²) in [6.45, 7) is 6.23. The molecule has 2 amide bonds. The molecule has 1 saturated carbocycles. The van der Waals surface area contributed by atoms with E-state index < -0.39 is 11.8 Å². The van der Waals surface area contributed by atoms with Gasteiger partial charge < -0.3 is 4.57 Å². The van der Waals surface area contributed by atoms with Crippen molar-refractivity contribution >= 4 is 40.9 Å². The summed E-state index contributed by atoms with van der Waals surface area (Å²) in [6, 6.07) is 10.2. The van der Waals surface area contributed by atoms with Crippen LogP contribution >= 0.6 is 12.2 Å². The predicted octanol–water partition coefficient (Wildman–Crippen LogP) is 4.61. The maximum Gasteiger partial charge on any atom is 0.270 e. The van der Waals surface area contributed by atoms with Crippen LogP contribution in [0.3, 0.4) is 0 Å². The minimum Gasteiger partial charge on any atom is -0.346 e. The fourth-order valence-corrected chi connectivity index (χ4v) is 4.88. The van der Waals surface area contributed by atoms with E-state index in [9.17, 15) is 9.59 Å². The van der Waals surface area contributed by atoms with Crippen LogP contribution in [0, 0.1) is 13.8 Å². The van der Waals surface area contributed by atoms with Gasteiger partial charge in [-0.3, -0.25) is 19.8 Å². The lowest BCUT2D eigenvalue weighted by molar-refractivity contribution is -0.122. The highest BCUT2D eigenvalue weighted by Gasteiger charge is 2.35. The second kappa shape index (κ2) is 8.19. The van der Waals surface area contributed by atoms with Crippen LogP contribution < -0.4 is 10.2 Å². The van der Waals surface area contributed by atoms with Gasteiger partial charge in [-0.15, -0.1) is 0 Å². The Labute approximate surface area is 182 Å². The Kier molecular flexibility index (Phi) is 5.60. The maximum atomic E-state index is 13.3. The third kappa shape index (κ3) is 3.60. The topological polar surface area (TPSA) is 54.3 Å². The standard InChI is InChI=1S/C24H27N3O2S/c1-4-17-9-11-20(12-10-17)27-23(29)21(22(28)25-24(27)30)14-18-13-15(2)26(16(18)3)19-7-5-6-8-19/h9-14,19H,4-8H2,1-3H3,(H,25,28,30)/b21-14+. The van der Waals surface area contributed by atoms with Crippen molar-refractivity contribution in [2.24, 2.45) is 0 Å². The molecule has 1 aromatic carbocycles. The van der Waals surface area contributed by atoms with Gasteiger partial charge in [-0.1, -0.05) is 31.9 Å². The summed E-state index contributed by atoms with van der Waals surface area (Å²) in [5.41, 5.74) is 5.11. The average molecular weight is 422 g/mol. The predicted molar refractivity (Wildman–Crippen MR) is 123 cm³/mol. The van der Waals surface area contributed by atoms with E-state index in [-0.39, 0.29) is 10.7 Å². The third-order valence-electron chi connectivity index (χ3n) is 6.22. The van der Waals surface area contributed by atoms with E-state index in [0.29, 0.717) is 11.7 Å². The second-order valence-corrected chi connectivity index (χ2v) is 8.50. The van der Waals surface area contributed by atoms with Crippen LogP contribution in [0.2, 0.25) is 0 Å². The number of rotatable bonds is 4. The van der Waals surface area contributed by atoms with E-state index in [0.717, 1.165) is 23.4 Å². The van der Waals surface area contributed by atoms with Gasteiger partial charge in [0.15, 0.2) is 5.11 Å². The maximum absolute atomic E-state index is 13.3. The lowest BCUT2D eigenvalue weighted by Crippen LogP contribution is -2.54. The number of aryl methyl sites for hydroxylation is 2. The van der Waals surface area contributed by atoms with Gasteiger partial charge in [0, 0.05) is 17.4 Å². The average Bonchev–Trinajstić information content (AvgIpc) is 3.33. The van der Waals surface area contributed by atoms with Crippen molar-refractivity contribution in [1.29, 1.82) is 0 Å². The van der Waals surface area contributed by atoms with E-state index >= 15 is 0 Å². The summed E-state index contributed by atoms with van der Waals surface area (Å²) in [6.07, 6.45) is 7.49. The molecule has 6 heteroatoms. The van der Waals surface area contributed by atoms with Crippen LogP contribution in [0.4, 0.5) is 5.69 Å². The van der Waals surface area contributed by atoms with Gasteiger partial charge in [0.05, 0.1) is 5.69 Å². The number of hydrogen-bond acceptors (Lipinski definition) is 3. The Balaban J connectivity index is 1.70. The Morgan fingerprint density at radius 3 is 2.43 bits per heavy atom. The fourth-order valence-electron chi connectivity index (χ4n) is 4.60. The number of amides is 2. The summed E-state index contributed by atoms with van der Waals surface area (Å²) in [5, 5.41) is 2.79. The monoisotopic (exact) mass is 421 g/mol. The number of carbonyl (C=O) groups is 2. The molecule has 2 aliphatic rings. The van der Waals surface area contributed by atoms with Crippen molar-refractivity contribution < 1.29 is 9.59 Å². The molecular weight excluding hydrogens is 394 g/mol. The highest BCUT2D eigenvalue weighted by atomic mass is 32.1. The van der Waals surface area contributed by atoms with E-state index in [2.05, 4.69) is 36.7 Å². The number of nitrogens with zero attached hydrogens (tertiary/aromatic N) is 2. The Morgan fingerprint density at radius 1 is 1.13 bits per heavy atom. The number of benzene rings is 1. The van der Waals surface area contributed by atoms with Crippen molar-refractivity contribution in [2.45, 2.75) is 58.9 Å².